The van der Waals surface area contributed by atoms with Crippen molar-refractivity contribution < 1.29 is 13.2 Å². The molecule has 1 aromatic rings. The molecular weight excluding hydrogens is 318 g/mol. The third-order valence-electron chi connectivity index (χ3n) is 2.34. The molecule has 0 spiro atoms. The van der Waals surface area contributed by atoms with Crippen LogP contribution in [-0.4, -0.2) is 6.18 Å². The van der Waals surface area contributed by atoms with Crippen LogP contribution in [0.4, 0.5) is 13.2 Å². The first-order valence-electron chi connectivity index (χ1n) is 5.07. The van der Waals surface area contributed by atoms with E-state index in [0.29, 0.717) is 11.4 Å². The van der Waals surface area contributed by atoms with Gasteiger partial charge in [-0.1, -0.05) is 33.6 Å². The van der Waals surface area contributed by atoms with Crippen molar-refractivity contribution in [3.05, 3.63) is 33.3 Å². The molecule has 0 heterocycles. The molecular formula is C11H12BrClF3N. The first kappa shape index (κ1) is 14.8. The zero-order chi connectivity index (χ0) is 13.1. The van der Waals surface area contributed by atoms with Gasteiger partial charge in [-0.2, -0.15) is 13.2 Å². The number of halogens is 5. The molecule has 0 aliphatic rings. The molecule has 1 nitrogen and oxygen atoms in total. The van der Waals surface area contributed by atoms with Crippen LogP contribution in [0.15, 0.2) is 22.7 Å². The highest BCUT2D eigenvalue weighted by Gasteiger charge is 2.26. The van der Waals surface area contributed by atoms with Gasteiger partial charge in [0.15, 0.2) is 0 Å². The van der Waals surface area contributed by atoms with Crippen molar-refractivity contribution in [3.63, 3.8) is 0 Å². The van der Waals surface area contributed by atoms with Crippen LogP contribution in [0.3, 0.4) is 0 Å². The number of benzene rings is 1. The smallest absolute Gasteiger partial charge is 0.324 e. The standard InChI is InChI=1S/C11H12BrClF3N/c12-9-6-7(13)3-4-8(9)10(17)2-1-5-11(14,15)16/h3-4,6,10H,1-2,5,17H2. The topological polar surface area (TPSA) is 26.0 Å². The second-order valence-corrected chi connectivity index (χ2v) is 5.07. The minimum Gasteiger partial charge on any atom is -0.324 e. The predicted molar refractivity (Wildman–Crippen MR) is 66.0 cm³/mol. The lowest BCUT2D eigenvalue weighted by Crippen LogP contribution is -2.13. The maximum atomic E-state index is 12.0. The molecule has 0 fully saturated rings. The molecule has 96 valence electrons. The second kappa shape index (κ2) is 6.07. The SMILES string of the molecule is NC(CCCC(F)(F)F)c1ccc(Cl)cc1Br. The van der Waals surface area contributed by atoms with Gasteiger partial charge in [0.1, 0.15) is 0 Å². The fraction of sp³-hybridized carbons (Fsp3) is 0.455. The lowest BCUT2D eigenvalue weighted by Gasteiger charge is -2.14. The fourth-order valence-corrected chi connectivity index (χ4v) is 2.46. The molecule has 2 N–H and O–H groups in total. The summed E-state index contributed by atoms with van der Waals surface area (Å²) in [4.78, 5) is 0. The second-order valence-electron chi connectivity index (χ2n) is 3.78. The van der Waals surface area contributed by atoms with Gasteiger partial charge in [-0.15, -0.1) is 0 Å². The molecule has 17 heavy (non-hydrogen) atoms. The zero-order valence-corrected chi connectivity index (χ0v) is 11.2. The van der Waals surface area contributed by atoms with E-state index in [9.17, 15) is 13.2 Å². The molecule has 6 heteroatoms. The molecule has 0 aromatic heterocycles. The highest BCUT2D eigenvalue weighted by atomic mass is 79.9. The van der Waals surface area contributed by atoms with Gasteiger partial charge in [0.25, 0.3) is 0 Å². The largest absolute Gasteiger partial charge is 0.389 e. The van der Waals surface area contributed by atoms with E-state index in [2.05, 4.69) is 15.9 Å². The molecule has 0 aliphatic carbocycles. The minimum atomic E-state index is -4.11. The summed E-state index contributed by atoms with van der Waals surface area (Å²) in [5.41, 5.74) is 6.61. The van der Waals surface area contributed by atoms with Gasteiger partial charge in [-0.25, -0.2) is 0 Å². The molecule has 0 saturated carbocycles. The molecule has 1 atom stereocenters. The maximum absolute atomic E-state index is 12.0. The molecule has 0 amide bonds. The van der Waals surface area contributed by atoms with E-state index in [4.69, 9.17) is 17.3 Å². The monoisotopic (exact) mass is 329 g/mol. The summed E-state index contributed by atoms with van der Waals surface area (Å²) in [7, 11) is 0. The quantitative estimate of drug-likeness (QED) is 0.840. The van der Waals surface area contributed by atoms with Crippen LogP contribution in [0.25, 0.3) is 0 Å². The van der Waals surface area contributed by atoms with Gasteiger partial charge >= 0.3 is 6.18 Å². The molecule has 0 aliphatic heterocycles. The summed E-state index contributed by atoms with van der Waals surface area (Å²) >= 11 is 9.06. The summed E-state index contributed by atoms with van der Waals surface area (Å²) in [6.45, 7) is 0. The molecule has 0 radical (unpaired) electrons. The van der Waals surface area contributed by atoms with Crippen LogP contribution in [0.1, 0.15) is 30.9 Å². The third-order valence-corrected chi connectivity index (χ3v) is 3.26. The van der Waals surface area contributed by atoms with Gasteiger partial charge in [-0.05, 0) is 30.5 Å². The number of hydrogen-bond acceptors (Lipinski definition) is 1. The number of rotatable bonds is 4. The Morgan fingerprint density at radius 1 is 1.35 bits per heavy atom. The number of nitrogens with two attached hydrogens (primary N) is 1. The van der Waals surface area contributed by atoms with E-state index < -0.39 is 18.6 Å². The first-order chi connectivity index (χ1) is 7.79. The Bertz CT molecular complexity index is 381. The summed E-state index contributed by atoms with van der Waals surface area (Å²) in [6.07, 6.45) is -4.59. The Morgan fingerprint density at radius 2 is 2.00 bits per heavy atom. The Labute approximate surface area is 111 Å². The first-order valence-corrected chi connectivity index (χ1v) is 6.24. The van der Waals surface area contributed by atoms with Crippen molar-refractivity contribution >= 4 is 27.5 Å². The average Bonchev–Trinajstić information content (AvgIpc) is 2.15. The minimum absolute atomic E-state index is 0.0275. The zero-order valence-electron chi connectivity index (χ0n) is 8.90. The van der Waals surface area contributed by atoms with E-state index >= 15 is 0 Å². The Hall–Kier alpha value is -0.260. The fourth-order valence-electron chi connectivity index (χ4n) is 1.48. The van der Waals surface area contributed by atoms with Crippen molar-refractivity contribution in [2.45, 2.75) is 31.5 Å². The summed E-state index contributed by atoms with van der Waals surface area (Å²) < 4.78 is 36.6. The van der Waals surface area contributed by atoms with E-state index in [1.165, 1.54) is 0 Å². The third kappa shape index (κ3) is 5.27. The normalized spacial score (nSPS) is 13.8. The van der Waals surface area contributed by atoms with E-state index in [1.54, 1.807) is 18.2 Å². The van der Waals surface area contributed by atoms with Crippen molar-refractivity contribution in [3.8, 4) is 0 Å². The van der Waals surface area contributed by atoms with Gasteiger partial charge < -0.3 is 5.73 Å². The maximum Gasteiger partial charge on any atom is 0.389 e. The summed E-state index contributed by atoms with van der Waals surface area (Å²) in [5.74, 6) is 0. The molecule has 0 saturated heterocycles. The van der Waals surface area contributed by atoms with Crippen LogP contribution in [-0.2, 0) is 0 Å². The van der Waals surface area contributed by atoms with Crippen LogP contribution < -0.4 is 5.73 Å². The van der Waals surface area contributed by atoms with E-state index in [-0.39, 0.29) is 6.42 Å². The number of alkyl halides is 3. The highest BCUT2D eigenvalue weighted by molar-refractivity contribution is 9.10. The van der Waals surface area contributed by atoms with E-state index in [1.807, 2.05) is 0 Å². The van der Waals surface area contributed by atoms with Crippen molar-refractivity contribution in [2.75, 3.05) is 0 Å². The van der Waals surface area contributed by atoms with Crippen LogP contribution in [0.5, 0.6) is 0 Å². The van der Waals surface area contributed by atoms with Crippen LogP contribution in [0, 0.1) is 0 Å². The Kier molecular flexibility index (Phi) is 5.28. The highest BCUT2D eigenvalue weighted by Crippen LogP contribution is 2.30. The molecule has 1 unspecified atom stereocenters. The van der Waals surface area contributed by atoms with Gasteiger partial charge in [0.2, 0.25) is 0 Å². The number of hydrogen-bond donors (Lipinski definition) is 1. The lowest BCUT2D eigenvalue weighted by molar-refractivity contribution is -0.135. The molecule has 1 rings (SSSR count). The van der Waals surface area contributed by atoms with Crippen molar-refractivity contribution in [2.24, 2.45) is 5.73 Å². The van der Waals surface area contributed by atoms with Crippen LogP contribution >= 0.6 is 27.5 Å². The van der Waals surface area contributed by atoms with Crippen LogP contribution in [0.2, 0.25) is 5.02 Å². The predicted octanol–water partition coefficient (Wildman–Crippen LogP) is 4.83. The van der Waals surface area contributed by atoms with Crippen molar-refractivity contribution in [1.82, 2.24) is 0 Å². The molecule has 0 bridgehead atoms. The average molecular weight is 331 g/mol. The lowest BCUT2D eigenvalue weighted by atomic mass is 10.0. The molecule has 1 aromatic carbocycles. The Balaban J connectivity index is 2.55. The van der Waals surface area contributed by atoms with Crippen molar-refractivity contribution in [1.29, 1.82) is 0 Å². The van der Waals surface area contributed by atoms with E-state index in [0.717, 1.165) is 10.0 Å². The summed E-state index contributed by atoms with van der Waals surface area (Å²) in [6, 6.07) is 4.67. The van der Waals surface area contributed by atoms with Gasteiger partial charge in [0, 0.05) is 22.0 Å². The summed E-state index contributed by atoms with van der Waals surface area (Å²) in [5, 5.41) is 0.558. The Morgan fingerprint density at radius 3 is 2.53 bits per heavy atom. The van der Waals surface area contributed by atoms with Gasteiger partial charge in [0.05, 0.1) is 0 Å². The van der Waals surface area contributed by atoms with Gasteiger partial charge in [-0.3, -0.25) is 0 Å².